The van der Waals surface area contributed by atoms with Crippen LogP contribution < -0.4 is 4.74 Å². The lowest BCUT2D eigenvalue weighted by Crippen LogP contribution is -2.49. The zero-order valence-electron chi connectivity index (χ0n) is 20.0. The van der Waals surface area contributed by atoms with E-state index in [9.17, 15) is 14.0 Å². The standard InChI is InChI=1S/C28H29FN2O4S/c29-21-7-4-6-20(16-21)28(33)30(17-23-10-5-14-34-23)18-27(32)31-13-11-26-24(12-15-36-26)25(31)19-35-22-8-2-1-3-9-22/h1-4,6-9,12,15-16,23,25H,5,10-11,13-14,17-19H2/t23-,25-/m0/s1. The van der Waals surface area contributed by atoms with Crippen LogP contribution in [0.15, 0.2) is 66.0 Å². The number of para-hydroxylation sites is 1. The van der Waals surface area contributed by atoms with E-state index in [4.69, 9.17) is 9.47 Å². The third kappa shape index (κ3) is 5.60. The van der Waals surface area contributed by atoms with Crippen LogP contribution in [-0.2, 0) is 16.0 Å². The van der Waals surface area contributed by atoms with Crippen molar-refractivity contribution in [2.24, 2.45) is 0 Å². The second kappa shape index (κ2) is 11.2. The van der Waals surface area contributed by atoms with Gasteiger partial charge in [-0.1, -0.05) is 24.3 Å². The summed E-state index contributed by atoms with van der Waals surface area (Å²) in [6.45, 7) is 1.72. The van der Waals surface area contributed by atoms with E-state index in [-0.39, 0.29) is 36.1 Å². The number of fused-ring (bicyclic) bond motifs is 1. The lowest BCUT2D eigenvalue weighted by atomic mass is 10.00. The minimum Gasteiger partial charge on any atom is -0.491 e. The number of ether oxygens (including phenoxy) is 2. The van der Waals surface area contributed by atoms with Gasteiger partial charge in [0, 0.05) is 30.1 Å². The minimum absolute atomic E-state index is 0.101. The van der Waals surface area contributed by atoms with Crippen LogP contribution in [0.2, 0.25) is 0 Å². The van der Waals surface area contributed by atoms with E-state index >= 15 is 0 Å². The summed E-state index contributed by atoms with van der Waals surface area (Å²) in [5.74, 6) is -0.267. The first-order valence-corrected chi connectivity index (χ1v) is 13.2. The maximum Gasteiger partial charge on any atom is 0.254 e. The molecule has 0 bridgehead atoms. The van der Waals surface area contributed by atoms with E-state index in [1.807, 2.05) is 40.6 Å². The smallest absolute Gasteiger partial charge is 0.254 e. The van der Waals surface area contributed by atoms with Gasteiger partial charge in [0.05, 0.1) is 12.1 Å². The van der Waals surface area contributed by atoms with E-state index in [0.717, 1.165) is 30.6 Å². The highest BCUT2D eigenvalue weighted by atomic mass is 32.1. The van der Waals surface area contributed by atoms with E-state index in [0.29, 0.717) is 26.3 Å². The van der Waals surface area contributed by atoms with E-state index in [1.54, 1.807) is 17.4 Å². The summed E-state index contributed by atoms with van der Waals surface area (Å²) in [4.78, 5) is 31.6. The molecule has 188 valence electrons. The second-order valence-corrected chi connectivity index (χ2v) is 10.1. The van der Waals surface area contributed by atoms with Crippen molar-refractivity contribution in [1.82, 2.24) is 9.80 Å². The molecular formula is C28H29FN2O4S. The average molecular weight is 509 g/mol. The summed E-state index contributed by atoms with van der Waals surface area (Å²) in [6, 6.07) is 16.9. The summed E-state index contributed by atoms with van der Waals surface area (Å²) in [7, 11) is 0. The molecule has 3 aromatic rings. The van der Waals surface area contributed by atoms with Crippen molar-refractivity contribution < 1.29 is 23.5 Å². The van der Waals surface area contributed by atoms with Crippen LogP contribution in [0.1, 0.15) is 39.7 Å². The third-order valence-electron chi connectivity index (χ3n) is 6.70. The van der Waals surface area contributed by atoms with Gasteiger partial charge < -0.3 is 19.3 Å². The molecule has 2 aliphatic heterocycles. The Morgan fingerprint density at radius 3 is 2.78 bits per heavy atom. The SMILES string of the molecule is O=C(c1cccc(F)c1)N(CC(=O)N1CCc2sccc2[C@@H]1COc1ccccc1)C[C@@H]1CCCO1. The molecular weight excluding hydrogens is 479 g/mol. The Hall–Kier alpha value is -3.23. The van der Waals surface area contributed by atoms with Gasteiger partial charge in [-0.15, -0.1) is 11.3 Å². The normalized spacial score (nSPS) is 19.1. The summed E-state index contributed by atoms with van der Waals surface area (Å²) in [6.07, 6.45) is 2.39. The molecule has 8 heteroatoms. The van der Waals surface area contributed by atoms with Crippen LogP contribution in [0, 0.1) is 5.82 Å². The Bertz CT molecular complexity index is 1200. The molecule has 0 spiro atoms. The molecule has 6 nitrogen and oxygen atoms in total. The molecule has 2 aliphatic rings. The lowest BCUT2D eigenvalue weighted by Gasteiger charge is -2.37. The van der Waals surface area contributed by atoms with Gasteiger partial charge >= 0.3 is 0 Å². The Morgan fingerprint density at radius 1 is 1.14 bits per heavy atom. The predicted octanol–water partition coefficient (Wildman–Crippen LogP) is 4.71. The Labute approximate surface area is 214 Å². The van der Waals surface area contributed by atoms with Crippen molar-refractivity contribution >= 4 is 23.2 Å². The molecule has 2 amide bonds. The molecule has 36 heavy (non-hydrogen) atoms. The van der Waals surface area contributed by atoms with Gasteiger partial charge in [-0.25, -0.2) is 4.39 Å². The summed E-state index contributed by atoms with van der Waals surface area (Å²) >= 11 is 1.69. The van der Waals surface area contributed by atoms with Gasteiger partial charge in [0.2, 0.25) is 5.91 Å². The molecule has 1 saturated heterocycles. The Balaban J connectivity index is 1.35. The number of hydrogen-bond acceptors (Lipinski definition) is 5. The molecule has 0 unspecified atom stereocenters. The lowest BCUT2D eigenvalue weighted by molar-refractivity contribution is -0.135. The van der Waals surface area contributed by atoms with Gasteiger partial charge in [0.1, 0.15) is 24.7 Å². The molecule has 1 aromatic heterocycles. The predicted molar refractivity (Wildman–Crippen MR) is 136 cm³/mol. The number of thiophene rings is 1. The number of hydrogen-bond donors (Lipinski definition) is 0. The number of benzene rings is 2. The van der Waals surface area contributed by atoms with Gasteiger partial charge in [-0.2, -0.15) is 0 Å². The highest BCUT2D eigenvalue weighted by Crippen LogP contribution is 2.34. The van der Waals surface area contributed by atoms with Crippen molar-refractivity contribution in [2.45, 2.75) is 31.4 Å². The molecule has 0 saturated carbocycles. The van der Waals surface area contributed by atoms with Crippen LogP contribution in [0.3, 0.4) is 0 Å². The average Bonchev–Trinajstić information content (AvgIpc) is 3.59. The van der Waals surface area contributed by atoms with Crippen LogP contribution >= 0.6 is 11.3 Å². The fraction of sp³-hybridized carbons (Fsp3) is 0.357. The second-order valence-electron chi connectivity index (χ2n) is 9.11. The Morgan fingerprint density at radius 2 is 2.00 bits per heavy atom. The first-order valence-electron chi connectivity index (χ1n) is 12.3. The number of nitrogens with zero attached hydrogens (tertiary/aromatic N) is 2. The number of carbonyl (C=O) groups is 2. The molecule has 0 aliphatic carbocycles. The molecule has 0 N–H and O–H groups in total. The van der Waals surface area contributed by atoms with Crippen molar-refractivity contribution in [3.8, 4) is 5.75 Å². The van der Waals surface area contributed by atoms with Gasteiger partial charge in [0.25, 0.3) is 5.91 Å². The largest absolute Gasteiger partial charge is 0.491 e. The number of amides is 2. The van der Waals surface area contributed by atoms with Crippen LogP contribution in [0.25, 0.3) is 0 Å². The molecule has 1 fully saturated rings. The fourth-order valence-corrected chi connectivity index (χ4v) is 5.81. The summed E-state index contributed by atoms with van der Waals surface area (Å²) in [5, 5.41) is 2.05. The van der Waals surface area contributed by atoms with Gasteiger partial charge in [-0.3, -0.25) is 9.59 Å². The molecule has 2 aromatic carbocycles. The maximum absolute atomic E-state index is 13.9. The van der Waals surface area contributed by atoms with Gasteiger partial charge in [-0.05, 0) is 66.6 Å². The summed E-state index contributed by atoms with van der Waals surface area (Å²) in [5.41, 5.74) is 1.32. The van der Waals surface area contributed by atoms with Gasteiger partial charge in [0.15, 0.2) is 0 Å². The van der Waals surface area contributed by atoms with E-state index in [2.05, 4.69) is 6.07 Å². The molecule has 0 radical (unpaired) electrons. The molecule has 2 atom stereocenters. The number of carbonyl (C=O) groups excluding carboxylic acids is 2. The first-order chi connectivity index (χ1) is 17.6. The number of halogens is 1. The highest BCUT2D eigenvalue weighted by Gasteiger charge is 2.34. The van der Waals surface area contributed by atoms with Crippen molar-refractivity contribution in [3.05, 3.63) is 87.9 Å². The van der Waals surface area contributed by atoms with Crippen molar-refractivity contribution in [3.63, 3.8) is 0 Å². The topological polar surface area (TPSA) is 59.1 Å². The number of rotatable bonds is 8. The monoisotopic (exact) mass is 508 g/mol. The van der Waals surface area contributed by atoms with Crippen molar-refractivity contribution in [2.75, 3.05) is 32.8 Å². The molecule has 5 rings (SSSR count). The Kier molecular flexibility index (Phi) is 7.63. The zero-order valence-corrected chi connectivity index (χ0v) is 20.8. The summed E-state index contributed by atoms with van der Waals surface area (Å²) < 4.78 is 25.7. The zero-order chi connectivity index (χ0) is 24.9. The van der Waals surface area contributed by atoms with Crippen molar-refractivity contribution in [1.29, 1.82) is 0 Å². The highest BCUT2D eigenvalue weighted by molar-refractivity contribution is 7.10. The quantitative estimate of drug-likeness (QED) is 0.442. The molecule has 3 heterocycles. The third-order valence-corrected chi connectivity index (χ3v) is 7.70. The van der Waals surface area contributed by atoms with E-state index < -0.39 is 5.82 Å². The maximum atomic E-state index is 13.9. The van der Waals surface area contributed by atoms with Crippen LogP contribution in [0.5, 0.6) is 5.75 Å². The minimum atomic E-state index is -0.483. The fourth-order valence-electron chi connectivity index (χ4n) is 4.88. The van der Waals surface area contributed by atoms with E-state index in [1.165, 1.54) is 28.0 Å². The van der Waals surface area contributed by atoms with Crippen LogP contribution in [-0.4, -0.2) is 60.6 Å². The first kappa shape index (κ1) is 24.5. The van der Waals surface area contributed by atoms with Crippen LogP contribution in [0.4, 0.5) is 4.39 Å².